The second-order valence-corrected chi connectivity index (χ2v) is 3.16. The molecule has 0 saturated carbocycles. The SMILES string of the molecule is Cn1cc(C(=O)O)c(=O)c2cccnc21. The first kappa shape index (κ1) is 9.39. The smallest absolute Gasteiger partial charge is 0.341 e. The lowest BCUT2D eigenvalue weighted by molar-refractivity contribution is 0.0695. The van der Waals surface area contributed by atoms with Gasteiger partial charge < -0.3 is 9.67 Å². The van der Waals surface area contributed by atoms with Gasteiger partial charge in [-0.3, -0.25) is 4.79 Å². The van der Waals surface area contributed by atoms with Crippen LogP contribution in [0.1, 0.15) is 10.4 Å². The molecule has 0 aliphatic carbocycles. The number of rotatable bonds is 1. The molecule has 0 unspecified atom stereocenters. The van der Waals surface area contributed by atoms with Crippen molar-refractivity contribution in [2.75, 3.05) is 0 Å². The van der Waals surface area contributed by atoms with Gasteiger partial charge in [-0.25, -0.2) is 9.78 Å². The molecule has 5 nitrogen and oxygen atoms in total. The molecule has 15 heavy (non-hydrogen) atoms. The zero-order valence-corrected chi connectivity index (χ0v) is 7.97. The second kappa shape index (κ2) is 3.20. The molecule has 2 heterocycles. The van der Waals surface area contributed by atoms with Crippen LogP contribution in [0.2, 0.25) is 0 Å². The summed E-state index contributed by atoms with van der Waals surface area (Å²) in [6.45, 7) is 0. The van der Waals surface area contributed by atoms with Crippen molar-refractivity contribution in [2.24, 2.45) is 7.05 Å². The van der Waals surface area contributed by atoms with Crippen LogP contribution in [-0.2, 0) is 7.05 Å². The number of aromatic carboxylic acids is 1. The summed E-state index contributed by atoms with van der Waals surface area (Å²) in [6, 6.07) is 3.17. The van der Waals surface area contributed by atoms with Crippen LogP contribution in [0, 0.1) is 0 Å². The fraction of sp³-hybridized carbons (Fsp3) is 0.100. The molecule has 0 spiro atoms. The Kier molecular flexibility index (Phi) is 2.00. The standard InChI is InChI=1S/C10H8N2O3/c1-12-5-7(10(14)15)8(13)6-3-2-4-11-9(6)12/h2-5H,1H3,(H,14,15). The molecule has 5 heteroatoms. The second-order valence-electron chi connectivity index (χ2n) is 3.16. The van der Waals surface area contributed by atoms with Gasteiger partial charge in [0.15, 0.2) is 0 Å². The molecule has 0 radical (unpaired) electrons. The van der Waals surface area contributed by atoms with E-state index in [0.717, 1.165) is 0 Å². The minimum absolute atomic E-state index is 0.238. The quantitative estimate of drug-likeness (QED) is 0.739. The van der Waals surface area contributed by atoms with E-state index < -0.39 is 11.4 Å². The highest BCUT2D eigenvalue weighted by Gasteiger charge is 2.12. The number of aryl methyl sites for hydroxylation is 1. The average Bonchev–Trinajstić information content (AvgIpc) is 2.23. The van der Waals surface area contributed by atoms with Crippen molar-refractivity contribution in [1.82, 2.24) is 9.55 Å². The van der Waals surface area contributed by atoms with Gasteiger partial charge in [0.1, 0.15) is 11.2 Å². The molecule has 76 valence electrons. The van der Waals surface area contributed by atoms with Crippen LogP contribution in [-0.4, -0.2) is 20.6 Å². The lowest BCUT2D eigenvalue weighted by Crippen LogP contribution is -2.18. The van der Waals surface area contributed by atoms with E-state index in [9.17, 15) is 9.59 Å². The highest BCUT2D eigenvalue weighted by Crippen LogP contribution is 2.06. The summed E-state index contributed by atoms with van der Waals surface area (Å²) < 4.78 is 1.53. The normalized spacial score (nSPS) is 10.5. The Morgan fingerprint density at radius 1 is 1.53 bits per heavy atom. The molecule has 0 atom stereocenters. The molecule has 0 saturated heterocycles. The Labute approximate surface area is 84.6 Å². The van der Waals surface area contributed by atoms with Crippen LogP contribution in [0.4, 0.5) is 0 Å². The number of carbonyl (C=O) groups is 1. The summed E-state index contributed by atoms with van der Waals surface area (Å²) in [5, 5.41) is 9.14. The van der Waals surface area contributed by atoms with Gasteiger partial charge in [0.2, 0.25) is 5.43 Å². The van der Waals surface area contributed by atoms with Gasteiger partial charge in [0, 0.05) is 19.4 Å². The Morgan fingerprint density at radius 3 is 2.93 bits per heavy atom. The van der Waals surface area contributed by atoms with E-state index in [1.54, 1.807) is 25.4 Å². The van der Waals surface area contributed by atoms with E-state index in [1.165, 1.54) is 10.8 Å². The third-order valence-corrected chi connectivity index (χ3v) is 2.16. The summed E-state index contributed by atoms with van der Waals surface area (Å²) >= 11 is 0. The first-order chi connectivity index (χ1) is 7.11. The summed E-state index contributed by atoms with van der Waals surface area (Å²) in [5.41, 5.74) is -0.255. The molecule has 0 aromatic carbocycles. The Morgan fingerprint density at radius 2 is 2.27 bits per heavy atom. The summed E-state index contributed by atoms with van der Waals surface area (Å²) in [5.74, 6) is -1.22. The molecule has 2 aromatic heterocycles. The van der Waals surface area contributed by atoms with Crippen LogP contribution in [0.3, 0.4) is 0 Å². The molecule has 2 rings (SSSR count). The van der Waals surface area contributed by atoms with Crippen LogP contribution in [0.5, 0.6) is 0 Å². The van der Waals surface area contributed by atoms with Crippen LogP contribution >= 0.6 is 0 Å². The lowest BCUT2D eigenvalue weighted by Gasteiger charge is -2.04. The van der Waals surface area contributed by atoms with Gasteiger partial charge in [-0.05, 0) is 12.1 Å². The predicted molar refractivity (Wildman–Crippen MR) is 53.9 cm³/mol. The number of pyridine rings is 2. The van der Waals surface area contributed by atoms with E-state index in [1.807, 2.05) is 0 Å². The van der Waals surface area contributed by atoms with E-state index in [4.69, 9.17) is 5.11 Å². The van der Waals surface area contributed by atoms with Crippen molar-refractivity contribution in [3.63, 3.8) is 0 Å². The number of carboxylic acids is 1. The number of fused-ring (bicyclic) bond motifs is 1. The summed E-state index contributed by atoms with van der Waals surface area (Å²) in [4.78, 5) is 26.5. The number of nitrogens with zero attached hydrogens (tertiary/aromatic N) is 2. The molecule has 0 aliphatic rings. The summed E-state index contributed by atoms with van der Waals surface area (Å²) in [6.07, 6.45) is 2.84. The lowest BCUT2D eigenvalue weighted by atomic mass is 10.2. The maximum absolute atomic E-state index is 11.7. The zero-order chi connectivity index (χ0) is 11.0. The fourth-order valence-corrected chi connectivity index (χ4v) is 1.47. The summed E-state index contributed by atoms with van der Waals surface area (Å²) in [7, 11) is 1.65. The first-order valence-corrected chi connectivity index (χ1v) is 4.29. The molecule has 0 aliphatic heterocycles. The largest absolute Gasteiger partial charge is 0.477 e. The van der Waals surface area contributed by atoms with Gasteiger partial charge in [0.05, 0.1) is 5.39 Å². The van der Waals surface area contributed by atoms with Crippen LogP contribution in [0.25, 0.3) is 11.0 Å². The van der Waals surface area contributed by atoms with Gasteiger partial charge in [0.25, 0.3) is 0 Å². The zero-order valence-electron chi connectivity index (χ0n) is 7.97. The molecular formula is C10H8N2O3. The predicted octanol–water partition coefficient (Wildman–Crippen LogP) is 0.632. The van der Waals surface area contributed by atoms with Gasteiger partial charge in [-0.15, -0.1) is 0 Å². The fourth-order valence-electron chi connectivity index (χ4n) is 1.47. The van der Waals surface area contributed by atoms with Crippen molar-refractivity contribution in [1.29, 1.82) is 0 Å². The van der Waals surface area contributed by atoms with Gasteiger partial charge in [-0.1, -0.05) is 0 Å². The van der Waals surface area contributed by atoms with Crippen LogP contribution in [0.15, 0.2) is 29.3 Å². The average molecular weight is 204 g/mol. The Bertz CT molecular complexity index is 601. The van der Waals surface area contributed by atoms with Crippen LogP contribution < -0.4 is 5.43 Å². The molecule has 1 N–H and O–H groups in total. The Balaban J connectivity index is 2.97. The van der Waals surface area contributed by atoms with Gasteiger partial charge in [-0.2, -0.15) is 0 Å². The van der Waals surface area contributed by atoms with E-state index >= 15 is 0 Å². The first-order valence-electron chi connectivity index (χ1n) is 4.29. The molecule has 0 fully saturated rings. The number of carboxylic acid groups (broad SMARTS) is 1. The van der Waals surface area contributed by atoms with Crippen molar-refractivity contribution >= 4 is 17.0 Å². The van der Waals surface area contributed by atoms with Crippen molar-refractivity contribution in [3.05, 3.63) is 40.3 Å². The minimum Gasteiger partial charge on any atom is -0.477 e. The third kappa shape index (κ3) is 1.38. The number of aromatic nitrogens is 2. The maximum atomic E-state index is 11.7. The molecule has 0 amide bonds. The number of hydrogen-bond acceptors (Lipinski definition) is 3. The molecule has 2 aromatic rings. The topological polar surface area (TPSA) is 72.2 Å². The highest BCUT2D eigenvalue weighted by atomic mass is 16.4. The molecule has 0 bridgehead atoms. The van der Waals surface area contributed by atoms with E-state index in [-0.39, 0.29) is 5.56 Å². The monoisotopic (exact) mass is 204 g/mol. The van der Waals surface area contributed by atoms with Gasteiger partial charge >= 0.3 is 5.97 Å². The van der Waals surface area contributed by atoms with Crippen molar-refractivity contribution in [2.45, 2.75) is 0 Å². The third-order valence-electron chi connectivity index (χ3n) is 2.16. The maximum Gasteiger partial charge on any atom is 0.341 e. The van der Waals surface area contributed by atoms with E-state index in [2.05, 4.69) is 4.98 Å². The Hall–Kier alpha value is -2.17. The van der Waals surface area contributed by atoms with Crippen molar-refractivity contribution in [3.8, 4) is 0 Å². The highest BCUT2D eigenvalue weighted by molar-refractivity contribution is 5.91. The van der Waals surface area contributed by atoms with E-state index in [0.29, 0.717) is 11.0 Å². The van der Waals surface area contributed by atoms with Crippen molar-refractivity contribution < 1.29 is 9.90 Å². The minimum atomic E-state index is -1.22. The molecular weight excluding hydrogens is 196 g/mol. The number of hydrogen-bond donors (Lipinski definition) is 1.